The van der Waals surface area contributed by atoms with Gasteiger partial charge in [-0.2, -0.15) is 13.2 Å². The third-order valence-corrected chi connectivity index (χ3v) is 4.19. The fourth-order valence-electron chi connectivity index (χ4n) is 3.26. The van der Waals surface area contributed by atoms with Crippen LogP contribution in [-0.2, 0) is 4.74 Å². The number of alkyl halides is 3. The molecule has 0 aliphatic heterocycles. The zero-order chi connectivity index (χ0) is 13.7. The summed E-state index contributed by atoms with van der Waals surface area (Å²) in [5.41, 5.74) is 0. The molecule has 0 saturated heterocycles. The Balaban J connectivity index is 1.70. The third-order valence-electron chi connectivity index (χ3n) is 4.19. The van der Waals surface area contributed by atoms with Crippen LogP contribution in [0.1, 0.15) is 57.8 Å². The molecule has 2 atom stereocenters. The van der Waals surface area contributed by atoms with E-state index in [9.17, 15) is 13.2 Å². The average molecular weight is 279 g/mol. The zero-order valence-electron chi connectivity index (χ0n) is 11.3. The van der Waals surface area contributed by atoms with Crippen molar-refractivity contribution in [3.8, 4) is 0 Å². The number of nitrogens with one attached hydrogen (secondary N) is 1. The van der Waals surface area contributed by atoms with Crippen molar-refractivity contribution in [2.45, 2.75) is 82.2 Å². The molecule has 0 amide bonds. The summed E-state index contributed by atoms with van der Waals surface area (Å²) in [6.45, 7) is -1.10. The van der Waals surface area contributed by atoms with Crippen LogP contribution in [0.2, 0.25) is 0 Å². The van der Waals surface area contributed by atoms with Gasteiger partial charge in [0.1, 0.15) is 6.61 Å². The van der Waals surface area contributed by atoms with Gasteiger partial charge in [0.05, 0.1) is 6.10 Å². The van der Waals surface area contributed by atoms with E-state index in [1.807, 2.05) is 0 Å². The van der Waals surface area contributed by atoms with Gasteiger partial charge in [0.25, 0.3) is 0 Å². The smallest absolute Gasteiger partial charge is 0.369 e. The Labute approximate surface area is 113 Å². The minimum absolute atomic E-state index is 0.225. The van der Waals surface area contributed by atoms with E-state index in [0.717, 1.165) is 25.7 Å². The lowest BCUT2D eigenvalue weighted by atomic mass is 9.89. The van der Waals surface area contributed by atoms with Crippen LogP contribution in [0.15, 0.2) is 0 Å². The molecule has 0 spiro atoms. The normalized spacial score (nSPS) is 30.5. The number of halogens is 3. The van der Waals surface area contributed by atoms with Gasteiger partial charge in [0.2, 0.25) is 0 Å². The van der Waals surface area contributed by atoms with Crippen molar-refractivity contribution in [3.05, 3.63) is 0 Å². The minimum atomic E-state index is -4.20. The summed E-state index contributed by atoms with van der Waals surface area (Å²) in [7, 11) is 0. The van der Waals surface area contributed by atoms with Gasteiger partial charge in [-0.1, -0.05) is 19.3 Å². The summed E-state index contributed by atoms with van der Waals surface area (Å²) in [6, 6.07) is 0.912. The molecule has 0 bridgehead atoms. The molecule has 0 aromatic carbocycles. The number of ether oxygens (including phenoxy) is 1. The second kappa shape index (κ2) is 6.93. The Kier molecular flexibility index (Phi) is 5.51. The molecule has 2 saturated carbocycles. The molecule has 0 aromatic rings. The van der Waals surface area contributed by atoms with Gasteiger partial charge in [0.15, 0.2) is 0 Å². The highest BCUT2D eigenvalue weighted by Gasteiger charge is 2.31. The second-order valence-electron chi connectivity index (χ2n) is 5.91. The molecule has 19 heavy (non-hydrogen) atoms. The molecule has 2 fully saturated rings. The highest BCUT2D eigenvalue weighted by molar-refractivity contribution is 4.83. The second-order valence-corrected chi connectivity index (χ2v) is 5.91. The number of hydrogen-bond donors (Lipinski definition) is 1. The van der Waals surface area contributed by atoms with E-state index in [-0.39, 0.29) is 6.10 Å². The Morgan fingerprint density at radius 3 is 2.26 bits per heavy atom. The molecular formula is C14H24F3NO. The first kappa shape index (κ1) is 15.1. The molecule has 2 unspecified atom stereocenters. The Morgan fingerprint density at radius 2 is 1.58 bits per heavy atom. The van der Waals surface area contributed by atoms with Crippen molar-refractivity contribution < 1.29 is 17.9 Å². The van der Waals surface area contributed by atoms with Crippen LogP contribution < -0.4 is 5.32 Å². The maximum Gasteiger partial charge on any atom is 0.411 e. The van der Waals surface area contributed by atoms with Crippen molar-refractivity contribution in [2.75, 3.05) is 6.61 Å². The highest BCUT2D eigenvalue weighted by atomic mass is 19.4. The van der Waals surface area contributed by atoms with E-state index in [1.165, 1.54) is 32.1 Å². The Bertz CT molecular complexity index is 264. The van der Waals surface area contributed by atoms with Crippen molar-refractivity contribution in [1.82, 2.24) is 5.32 Å². The monoisotopic (exact) mass is 279 g/mol. The van der Waals surface area contributed by atoms with E-state index in [1.54, 1.807) is 0 Å². The number of hydrogen-bond acceptors (Lipinski definition) is 2. The molecule has 112 valence electrons. The lowest BCUT2D eigenvalue weighted by molar-refractivity contribution is -0.188. The predicted molar refractivity (Wildman–Crippen MR) is 68.1 cm³/mol. The molecule has 2 rings (SSSR count). The van der Waals surface area contributed by atoms with Crippen molar-refractivity contribution in [3.63, 3.8) is 0 Å². The summed E-state index contributed by atoms with van der Waals surface area (Å²) < 4.78 is 41.4. The lowest BCUT2D eigenvalue weighted by Crippen LogP contribution is -2.44. The summed E-state index contributed by atoms with van der Waals surface area (Å²) >= 11 is 0. The first-order valence-electron chi connectivity index (χ1n) is 7.47. The maximum atomic E-state index is 12.1. The lowest BCUT2D eigenvalue weighted by Gasteiger charge is -2.34. The van der Waals surface area contributed by atoms with Crippen molar-refractivity contribution >= 4 is 0 Å². The quantitative estimate of drug-likeness (QED) is 0.845. The van der Waals surface area contributed by atoms with Gasteiger partial charge < -0.3 is 10.1 Å². The topological polar surface area (TPSA) is 21.3 Å². The summed E-state index contributed by atoms with van der Waals surface area (Å²) in [6.07, 6.45) is 5.40. The predicted octanol–water partition coefficient (Wildman–Crippen LogP) is 3.80. The Morgan fingerprint density at radius 1 is 0.895 bits per heavy atom. The SMILES string of the molecule is FC(F)(F)COC1CCCC(NC2CCCCC2)C1. The van der Waals surface area contributed by atoms with Crippen LogP contribution >= 0.6 is 0 Å². The van der Waals surface area contributed by atoms with Gasteiger partial charge in [-0.15, -0.1) is 0 Å². The third kappa shape index (κ3) is 5.69. The van der Waals surface area contributed by atoms with Crippen LogP contribution in [-0.4, -0.2) is 31.0 Å². The van der Waals surface area contributed by atoms with E-state index in [4.69, 9.17) is 4.74 Å². The molecule has 2 aliphatic rings. The largest absolute Gasteiger partial charge is 0.411 e. The van der Waals surface area contributed by atoms with Gasteiger partial charge in [-0.05, 0) is 38.5 Å². The highest BCUT2D eigenvalue weighted by Crippen LogP contribution is 2.26. The van der Waals surface area contributed by atoms with E-state index in [0.29, 0.717) is 12.1 Å². The zero-order valence-corrected chi connectivity index (χ0v) is 11.3. The summed E-state index contributed by atoms with van der Waals surface area (Å²) in [4.78, 5) is 0. The van der Waals surface area contributed by atoms with E-state index < -0.39 is 12.8 Å². The van der Waals surface area contributed by atoms with Crippen molar-refractivity contribution in [2.24, 2.45) is 0 Å². The molecule has 0 heterocycles. The van der Waals surface area contributed by atoms with Crippen LogP contribution in [0.25, 0.3) is 0 Å². The molecule has 5 heteroatoms. The van der Waals surface area contributed by atoms with E-state index in [2.05, 4.69) is 5.32 Å². The fraction of sp³-hybridized carbons (Fsp3) is 1.00. The van der Waals surface area contributed by atoms with Crippen LogP contribution in [0, 0.1) is 0 Å². The summed E-state index contributed by atoms with van der Waals surface area (Å²) in [5, 5.41) is 3.62. The Hall–Kier alpha value is -0.290. The fourth-order valence-corrected chi connectivity index (χ4v) is 3.26. The first-order valence-corrected chi connectivity index (χ1v) is 7.47. The van der Waals surface area contributed by atoms with Crippen LogP contribution in [0.5, 0.6) is 0 Å². The van der Waals surface area contributed by atoms with E-state index >= 15 is 0 Å². The molecule has 1 N–H and O–H groups in total. The minimum Gasteiger partial charge on any atom is -0.369 e. The van der Waals surface area contributed by atoms with Gasteiger partial charge in [0, 0.05) is 12.1 Å². The average Bonchev–Trinajstić information content (AvgIpc) is 2.37. The number of rotatable bonds is 4. The molecular weight excluding hydrogens is 255 g/mol. The first-order chi connectivity index (χ1) is 9.03. The maximum absolute atomic E-state index is 12.1. The molecule has 0 aromatic heterocycles. The van der Waals surface area contributed by atoms with Gasteiger partial charge in [-0.25, -0.2) is 0 Å². The van der Waals surface area contributed by atoms with Crippen molar-refractivity contribution in [1.29, 1.82) is 0 Å². The molecule has 0 radical (unpaired) electrons. The standard InChI is InChI=1S/C14H24F3NO/c15-14(16,17)10-19-13-8-4-7-12(9-13)18-11-5-2-1-3-6-11/h11-13,18H,1-10H2. The molecule has 2 nitrogen and oxygen atoms in total. The van der Waals surface area contributed by atoms with Gasteiger partial charge >= 0.3 is 6.18 Å². The van der Waals surface area contributed by atoms with Crippen LogP contribution in [0.4, 0.5) is 13.2 Å². The van der Waals surface area contributed by atoms with Gasteiger partial charge in [-0.3, -0.25) is 0 Å². The summed E-state index contributed by atoms with van der Waals surface area (Å²) in [5.74, 6) is 0. The van der Waals surface area contributed by atoms with Crippen LogP contribution in [0.3, 0.4) is 0 Å². The molecule has 2 aliphatic carbocycles.